The molecule has 0 aliphatic carbocycles. The van der Waals surface area contributed by atoms with E-state index < -0.39 is 0 Å². The van der Waals surface area contributed by atoms with Crippen molar-refractivity contribution in [2.24, 2.45) is 0 Å². The van der Waals surface area contributed by atoms with E-state index in [1.165, 1.54) is 0 Å². The van der Waals surface area contributed by atoms with E-state index in [0.29, 0.717) is 5.56 Å². The van der Waals surface area contributed by atoms with E-state index >= 15 is 0 Å². The lowest BCUT2D eigenvalue weighted by Crippen LogP contribution is -2.24. The van der Waals surface area contributed by atoms with Gasteiger partial charge in [-0.1, -0.05) is 31.5 Å². The maximum atomic E-state index is 11.8. The van der Waals surface area contributed by atoms with Gasteiger partial charge in [0.05, 0.1) is 11.1 Å². The zero-order valence-corrected chi connectivity index (χ0v) is 9.94. The fourth-order valence-corrected chi connectivity index (χ4v) is 1.68. The largest absolute Gasteiger partial charge is 0.352 e. The lowest BCUT2D eigenvalue weighted by Gasteiger charge is -2.04. The van der Waals surface area contributed by atoms with Gasteiger partial charge in [0.15, 0.2) is 0 Å². The number of hydrogen-bond donors (Lipinski definition) is 1. The molecular formula is C14H16N2O. The standard InChI is InChI=1S/C14H16N2O/c1-2-3-8-15-14(17)12-9-11-6-4-5-7-13(11)16-10-12/h4-7,9-10H,2-3,8H2,1H3,(H,15,17). The number of pyridine rings is 1. The van der Waals surface area contributed by atoms with Gasteiger partial charge in [0, 0.05) is 18.1 Å². The number of fused-ring (bicyclic) bond motifs is 1. The zero-order valence-electron chi connectivity index (χ0n) is 9.94. The number of unbranched alkanes of at least 4 members (excludes halogenated alkanes) is 1. The molecule has 0 bridgehead atoms. The molecule has 2 rings (SSSR count). The average molecular weight is 228 g/mol. The third-order valence-electron chi connectivity index (χ3n) is 2.67. The van der Waals surface area contributed by atoms with Crippen LogP contribution in [0.4, 0.5) is 0 Å². The first-order valence-corrected chi connectivity index (χ1v) is 5.94. The molecule has 0 unspecified atom stereocenters. The van der Waals surface area contributed by atoms with E-state index in [2.05, 4.69) is 17.2 Å². The Morgan fingerprint density at radius 1 is 1.35 bits per heavy atom. The average Bonchev–Trinajstić information content (AvgIpc) is 2.38. The highest BCUT2D eigenvalue weighted by Crippen LogP contribution is 2.12. The number of carbonyl (C=O) groups is 1. The summed E-state index contributed by atoms with van der Waals surface area (Å²) < 4.78 is 0. The number of nitrogens with one attached hydrogen (secondary N) is 1. The topological polar surface area (TPSA) is 42.0 Å². The minimum absolute atomic E-state index is 0.0447. The van der Waals surface area contributed by atoms with Crippen LogP contribution in [0.15, 0.2) is 36.5 Å². The second-order valence-corrected chi connectivity index (χ2v) is 4.03. The quantitative estimate of drug-likeness (QED) is 0.817. The third-order valence-corrected chi connectivity index (χ3v) is 2.67. The van der Waals surface area contributed by atoms with Crippen molar-refractivity contribution in [1.82, 2.24) is 10.3 Å². The van der Waals surface area contributed by atoms with Gasteiger partial charge in [-0.25, -0.2) is 0 Å². The van der Waals surface area contributed by atoms with Crippen LogP contribution < -0.4 is 5.32 Å². The number of benzene rings is 1. The van der Waals surface area contributed by atoms with Crippen LogP contribution >= 0.6 is 0 Å². The molecule has 0 aliphatic heterocycles. The predicted octanol–water partition coefficient (Wildman–Crippen LogP) is 2.76. The molecule has 1 heterocycles. The van der Waals surface area contributed by atoms with Gasteiger partial charge in [0.25, 0.3) is 5.91 Å². The number of carbonyl (C=O) groups excluding carboxylic acids is 1. The smallest absolute Gasteiger partial charge is 0.252 e. The molecule has 0 saturated heterocycles. The Kier molecular flexibility index (Phi) is 3.70. The summed E-state index contributed by atoms with van der Waals surface area (Å²) in [5, 5.41) is 3.88. The maximum absolute atomic E-state index is 11.8. The monoisotopic (exact) mass is 228 g/mol. The van der Waals surface area contributed by atoms with Crippen molar-refractivity contribution in [2.75, 3.05) is 6.54 Å². The van der Waals surface area contributed by atoms with E-state index in [0.717, 1.165) is 30.3 Å². The summed E-state index contributed by atoms with van der Waals surface area (Å²) in [5.74, 6) is -0.0447. The van der Waals surface area contributed by atoms with Gasteiger partial charge < -0.3 is 5.32 Å². The van der Waals surface area contributed by atoms with Gasteiger partial charge in [0.2, 0.25) is 0 Å². The summed E-state index contributed by atoms with van der Waals surface area (Å²) >= 11 is 0. The molecule has 17 heavy (non-hydrogen) atoms. The van der Waals surface area contributed by atoms with Crippen molar-refractivity contribution in [1.29, 1.82) is 0 Å². The second kappa shape index (κ2) is 5.43. The van der Waals surface area contributed by atoms with Crippen LogP contribution in [0.3, 0.4) is 0 Å². The van der Waals surface area contributed by atoms with Gasteiger partial charge in [0.1, 0.15) is 0 Å². The molecule has 1 amide bonds. The Labute approximate surface area is 101 Å². The molecule has 88 valence electrons. The summed E-state index contributed by atoms with van der Waals surface area (Å²) in [6.07, 6.45) is 3.71. The van der Waals surface area contributed by atoms with Crippen LogP contribution in [-0.2, 0) is 0 Å². The van der Waals surface area contributed by atoms with E-state index in [9.17, 15) is 4.79 Å². The fourth-order valence-electron chi connectivity index (χ4n) is 1.68. The van der Waals surface area contributed by atoms with Crippen LogP contribution in [-0.4, -0.2) is 17.4 Å². The Hall–Kier alpha value is -1.90. The Bertz CT molecular complexity index is 522. The molecule has 0 saturated carbocycles. The van der Waals surface area contributed by atoms with Gasteiger partial charge in [-0.05, 0) is 18.6 Å². The van der Waals surface area contributed by atoms with Crippen LogP contribution in [0, 0.1) is 0 Å². The highest BCUT2D eigenvalue weighted by atomic mass is 16.1. The van der Waals surface area contributed by atoms with Gasteiger partial charge in [-0.15, -0.1) is 0 Å². The summed E-state index contributed by atoms with van der Waals surface area (Å²) in [7, 11) is 0. The molecule has 1 aromatic heterocycles. The lowest BCUT2D eigenvalue weighted by molar-refractivity contribution is 0.0953. The van der Waals surface area contributed by atoms with Crippen LogP contribution in [0.5, 0.6) is 0 Å². The highest BCUT2D eigenvalue weighted by Gasteiger charge is 2.05. The number of para-hydroxylation sites is 1. The van der Waals surface area contributed by atoms with Crippen molar-refractivity contribution in [3.8, 4) is 0 Å². The lowest BCUT2D eigenvalue weighted by atomic mass is 10.1. The number of nitrogens with zero attached hydrogens (tertiary/aromatic N) is 1. The van der Waals surface area contributed by atoms with Crippen molar-refractivity contribution in [3.05, 3.63) is 42.1 Å². The van der Waals surface area contributed by atoms with Gasteiger partial charge in [-0.2, -0.15) is 0 Å². The second-order valence-electron chi connectivity index (χ2n) is 4.03. The third kappa shape index (κ3) is 2.81. The summed E-state index contributed by atoms with van der Waals surface area (Å²) in [6, 6.07) is 9.67. The maximum Gasteiger partial charge on any atom is 0.252 e. The first kappa shape index (κ1) is 11.6. The van der Waals surface area contributed by atoms with Crippen molar-refractivity contribution in [2.45, 2.75) is 19.8 Å². The van der Waals surface area contributed by atoms with Gasteiger partial charge in [-0.3, -0.25) is 9.78 Å². The molecule has 3 heteroatoms. The normalized spacial score (nSPS) is 10.4. The van der Waals surface area contributed by atoms with Crippen LogP contribution in [0.1, 0.15) is 30.1 Å². The van der Waals surface area contributed by atoms with E-state index in [1.807, 2.05) is 30.3 Å². The van der Waals surface area contributed by atoms with E-state index in [-0.39, 0.29) is 5.91 Å². The Morgan fingerprint density at radius 2 is 2.18 bits per heavy atom. The molecule has 0 fully saturated rings. The summed E-state index contributed by atoms with van der Waals surface area (Å²) in [6.45, 7) is 2.83. The Morgan fingerprint density at radius 3 is 3.00 bits per heavy atom. The number of hydrogen-bond acceptors (Lipinski definition) is 2. The number of amides is 1. The minimum atomic E-state index is -0.0447. The van der Waals surface area contributed by atoms with Crippen molar-refractivity contribution in [3.63, 3.8) is 0 Å². The van der Waals surface area contributed by atoms with Crippen LogP contribution in [0.2, 0.25) is 0 Å². The van der Waals surface area contributed by atoms with Crippen molar-refractivity contribution < 1.29 is 4.79 Å². The SMILES string of the molecule is CCCCNC(=O)c1cnc2ccccc2c1. The molecule has 2 aromatic rings. The number of aromatic nitrogens is 1. The minimum Gasteiger partial charge on any atom is -0.352 e. The highest BCUT2D eigenvalue weighted by molar-refractivity contribution is 5.97. The molecule has 0 radical (unpaired) electrons. The molecular weight excluding hydrogens is 212 g/mol. The Balaban J connectivity index is 2.15. The molecule has 0 aliphatic rings. The molecule has 0 atom stereocenters. The predicted molar refractivity (Wildman–Crippen MR) is 69.0 cm³/mol. The van der Waals surface area contributed by atoms with E-state index in [4.69, 9.17) is 0 Å². The van der Waals surface area contributed by atoms with Crippen LogP contribution in [0.25, 0.3) is 10.9 Å². The zero-order chi connectivity index (χ0) is 12.1. The fraction of sp³-hybridized carbons (Fsp3) is 0.286. The first-order chi connectivity index (χ1) is 8.31. The molecule has 3 nitrogen and oxygen atoms in total. The molecule has 1 N–H and O–H groups in total. The summed E-state index contributed by atoms with van der Waals surface area (Å²) in [5.41, 5.74) is 1.54. The van der Waals surface area contributed by atoms with E-state index in [1.54, 1.807) is 6.20 Å². The molecule has 1 aromatic carbocycles. The number of rotatable bonds is 4. The first-order valence-electron chi connectivity index (χ1n) is 5.94. The van der Waals surface area contributed by atoms with Gasteiger partial charge >= 0.3 is 0 Å². The summed E-state index contributed by atoms with van der Waals surface area (Å²) in [4.78, 5) is 16.1. The van der Waals surface area contributed by atoms with Crippen molar-refractivity contribution >= 4 is 16.8 Å². The molecule has 0 spiro atoms.